The molecule has 1 N–H and O–H groups in total. The molecule has 8 heteroatoms. The molecule has 1 aromatic carbocycles. The number of carbonyl (C=O) groups is 1. The number of hydrogen-bond donors (Lipinski definition) is 1. The fourth-order valence-electron chi connectivity index (χ4n) is 4.24. The second-order valence-electron chi connectivity index (χ2n) is 8.57. The van der Waals surface area contributed by atoms with E-state index in [4.69, 9.17) is 0 Å². The van der Waals surface area contributed by atoms with E-state index in [1.807, 2.05) is 26.8 Å². The topological polar surface area (TPSA) is 73.0 Å². The third kappa shape index (κ3) is 5.60. The van der Waals surface area contributed by atoms with Crippen LogP contribution in [0.4, 0.5) is 0 Å². The second-order valence-corrected chi connectivity index (χ2v) is 10.5. The van der Waals surface area contributed by atoms with Gasteiger partial charge in [-0.25, -0.2) is 8.42 Å². The number of nitrogens with zero attached hydrogens (tertiary/aromatic N) is 3. The first-order valence-electron chi connectivity index (χ1n) is 11.1. The first-order valence-corrected chi connectivity index (χ1v) is 12.5. The van der Waals surface area contributed by atoms with Gasteiger partial charge in [-0.1, -0.05) is 12.5 Å². The SMILES string of the molecule is Cc1cc(C)c(S(=O)(=O)N(CCN2CCCCC2)CC(=O)N2CCNCC2)cc1C. The number of nitrogens with one attached hydrogen (secondary N) is 1. The number of carbonyl (C=O) groups excluding carboxylic acids is 1. The van der Waals surface area contributed by atoms with Gasteiger partial charge in [-0.15, -0.1) is 0 Å². The van der Waals surface area contributed by atoms with Crippen molar-refractivity contribution in [3.8, 4) is 0 Å². The van der Waals surface area contributed by atoms with Crippen LogP contribution in [-0.4, -0.2) is 87.3 Å². The Morgan fingerprint density at radius 1 is 0.967 bits per heavy atom. The number of piperidine rings is 1. The highest BCUT2D eigenvalue weighted by Gasteiger charge is 2.30. The summed E-state index contributed by atoms with van der Waals surface area (Å²) in [5, 5.41) is 3.23. The van der Waals surface area contributed by atoms with Crippen LogP contribution < -0.4 is 5.32 Å². The van der Waals surface area contributed by atoms with Crippen molar-refractivity contribution < 1.29 is 13.2 Å². The lowest BCUT2D eigenvalue weighted by Crippen LogP contribution is -2.51. The molecule has 0 spiro atoms. The van der Waals surface area contributed by atoms with E-state index in [2.05, 4.69) is 10.2 Å². The van der Waals surface area contributed by atoms with Crippen LogP contribution in [0.25, 0.3) is 0 Å². The smallest absolute Gasteiger partial charge is 0.243 e. The summed E-state index contributed by atoms with van der Waals surface area (Å²) in [4.78, 5) is 17.3. The van der Waals surface area contributed by atoms with Crippen molar-refractivity contribution in [1.82, 2.24) is 19.4 Å². The zero-order valence-electron chi connectivity index (χ0n) is 18.6. The number of aryl methyl sites for hydroxylation is 3. The number of sulfonamides is 1. The Balaban J connectivity index is 1.82. The van der Waals surface area contributed by atoms with Gasteiger partial charge in [0.2, 0.25) is 15.9 Å². The van der Waals surface area contributed by atoms with E-state index in [0.29, 0.717) is 31.1 Å². The first kappa shape index (κ1) is 23.2. The number of benzene rings is 1. The molecular formula is C22H36N4O3S. The molecule has 0 atom stereocenters. The molecule has 0 radical (unpaired) electrons. The summed E-state index contributed by atoms with van der Waals surface area (Å²) >= 11 is 0. The second kappa shape index (κ2) is 10.2. The Labute approximate surface area is 181 Å². The molecule has 30 heavy (non-hydrogen) atoms. The summed E-state index contributed by atoms with van der Waals surface area (Å²) in [7, 11) is -3.76. The average Bonchev–Trinajstić information content (AvgIpc) is 2.74. The van der Waals surface area contributed by atoms with E-state index >= 15 is 0 Å². The van der Waals surface area contributed by atoms with E-state index in [-0.39, 0.29) is 12.5 Å². The van der Waals surface area contributed by atoms with Gasteiger partial charge in [-0.2, -0.15) is 4.31 Å². The van der Waals surface area contributed by atoms with Crippen molar-refractivity contribution in [2.45, 2.75) is 44.9 Å². The van der Waals surface area contributed by atoms with Crippen LogP contribution in [0.3, 0.4) is 0 Å². The summed E-state index contributed by atoms with van der Waals surface area (Å²) in [5.41, 5.74) is 2.75. The van der Waals surface area contributed by atoms with Gasteiger partial charge < -0.3 is 15.1 Å². The summed E-state index contributed by atoms with van der Waals surface area (Å²) in [6.45, 7) is 11.4. The minimum atomic E-state index is -3.76. The van der Waals surface area contributed by atoms with Crippen LogP contribution in [0.2, 0.25) is 0 Å². The van der Waals surface area contributed by atoms with Crippen molar-refractivity contribution in [2.75, 3.05) is 58.9 Å². The third-order valence-electron chi connectivity index (χ3n) is 6.30. The molecule has 0 bridgehead atoms. The standard InChI is InChI=1S/C22H36N4O3S/c1-18-15-20(3)21(16-19(18)2)30(28,29)26(14-13-24-9-5-4-6-10-24)17-22(27)25-11-7-23-8-12-25/h15-16,23H,4-14,17H2,1-3H3. The van der Waals surface area contributed by atoms with Gasteiger partial charge in [0.25, 0.3) is 0 Å². The van der Waals surface area contributed by atoms with Crippen molar-refractivity contribution in [3.63, 3.8) is 0 Å². The molecule has 2 aliphatic rings. The average molecular weight is 437 g/mol. The number of amides is 1. The Hall–Kier alpha value is -1.48. The van der Waals surface area contributed by atoms with E-state index in [1.165, 1.54) is 10.7 Å². The first-order chi connectivity index (χ1) is 14.3. The number of likely N-dealkylation sites (tertiary alicyclic amines) is 1. The normalized spacial score (nSPS) is 18.7. The van der Waals surface area contributed by atoms with Crippen LogP contribution in [0.5, 0.6) is 0 Å². The van der Waals surface area contributed by atoms with E-state index in [9.17, 15) is 13.2 Å². The molecule has 0 unspecified atom stereocenters. The molecule has 168 valence electrons. The zero-order chi connectivity index (χ0) is 21.7. The predicted octanol–water partition coefficient (Wildman–Crippen LogP) is 1.52. The third-order valence-corrected chi connectivity index (χ3v) is 8.29. The largest absolute Gasteiger partial charge is 0.339 e. The Kier molecular flexibility index (Phi) is 7.90. The van der Waals surface area contributed by atoms with Gasteiger partial charge >= 0.3 is 0 Å². The highest BCUT2D eigenvalue weighted by molar-refractivity contribution is 7.89. The molecule has 3 rings (SSSR count). The fourth-order valence-corrected chi connectivity index (χ4v) is 5.91. The molecule has 0 saturated carbocycles. The van der Waals surface area contributed by atoms with E-state index in [1.54, 1.807) is 11.0 Å². The van der Waals surface area contributed by atoms with Gasteiger partial charge in [0.15, 0.2) is 0 Å². The maximum atomic E-state index is 13.6. The van der Waals surface area contributed by atoms with Crippen molar-refractivity contribution in [1.29, 1.82) is 0 Å². The molecule has 7 nitrogen and oxygen atoms in total. The molecule has 0 aliphatic carbocycles. The lowest BCUT2D eigenvalue weighted by Gasteiger charge is -2.32. The summed E-state index contributed by atoms with van der Waals surface area (Å²) < 4.78 is 28.7. The molecule has 2 saturated heterocycles. The predicted molar refractivity (Wildman–Crippen MR) is 119 cm³/mol. The van der Waals surface area contributed by atoms with Gasteiger partial charge in [0.05, 0.1) is 11.4 Å². The zero-order valence-corrected chi connectivity index (χ0v) is 19.4. The van der Waals surface area contributed by atoms with Crippen LogP contribution in [-0.2, 0) is 14.8 Å². The molecule has 1 aromatic rings. The quantitative estimate of drug-likeness (QED) is 0.702. The molecule has 2 heterocycles. The maximum absolute atomic E-state index is 13.6. The van der Waals surface area contributed by atoms with Crippen LogP contribution in [0, 0.1) is 20.8 Å². The van der Waals surface area contributed by atoms with Gasteiger partial charge in [-0.3, -0.25) is 4.79 Å². The lowest BCUT2D eigenvalue weighted by molar-refractivity contribution is -0.132. The van der Waals surface area contributed by atoms with Gasteiger partial charge in [0, 0.05) is 39.3 Å². The van der Waals surface area contributed by atoms with E-state index in [0.717, 1.165) is 55.7 Å². The van der Waals surface area contributed by atoms with Crippen molar-refractivity contribution in [2.24, 2.45) is 0 Å². The molecule has 0 aromatic heterocycles. The molecule has 2 fully saturated rings. The van der Waals surface area contributed by atoms with Crippen LogP contribution in [0.15, 0.2) is 17.0 Å². The number of piperazine rings is 1. The van der Waals surface area contributed by atoms with E-state index < -0.39 is 10.0 Å². The highest BCUT2D eigenvalue weighted by Crippen LogP contribution is 2.24. The number of hydrogen-bond acceptors (Lipinski definition) is 5. The Bertz CT molecular complexity index is 844. The van der Waals surface area contributed by atoms with Gasteiger partial charge in [0.1, 0.15) is 0 Å². The van der Waals surface area contributed by atoms with Crippen molar-refractivity contribution in [3.05, 3.63) is 28.8 Å². The fraction of sp³-hybridized carbons (Fsp3) is 0.682. The highest BCUT2D eigenvalue weighted by atomic mass is 32.2. The summed E-state index contributed by atoms with van der Waals surface area (Å²) in [6, 6.07) is 3.67. The van der Waals surface area contributed by atoms with Crippen molar-refractivity contribution >= 4 is 15.9 Å². The number of rotatable bonds is 7. The summed E-state index contributed by atoms with van der Waals surface area (Å²) in [5.74, 6) is -0.111. The molecular weight excluding hydrogens is 400 g/mol. The summed E-state index contributed by atoms with van der Waals surface area (Å²) in [6.07, 6.45) is 3.55. The Morgan fingerprint density at radius 3 is 2.27 bits per heavy atom. The molecule has 1 amide bonds. The minimum absolute atomic E-state index is 0.0947. The maximum Gasteiger partial charge on any atom is 0.243 e. The van der Waals surface area contributed by atoms with Gasteiger partial charge in [-0.05, 0) is 69.5 Å². The van der Waals surface area contributed by atoms with Crippen LogP contribution >= 0.6 is 0 Å². The Morgan fingerprint density at radius 2 is 1.60 bits per heavy atom. The van der Waals surface area contributed by atoms with Crippen LogP contribution in [0.1, 0.15) is 36.0 Å². The monoisotopic (exact) mass is 436 g/mol. The minimum Gasteiger partial charge on any atom is -0.339 e. The molecule has 2 aliphatic heterocycles. The lowest BCUT2D eigenvalue weighted by atomic mass is 10.1.